The highest BCUT2D eigenvalue weighted by molar-refractivity contribution is 7.17. The molecule has 0 fully saturated rings. The minimum Gasteiger partial charge on any atom is -0.492 e. The number of fused-ring (bicyclic) bond motifs is 1. The van der Waals surface area contributed by atoms with Crippen LogP contribution in [0.2, 0.25) is 0 Å². The van der Waals surface area contributed by atoms with Gasteiger partial charge in [0, 0.05) is 18.9 Å². The number of hydrogen-bond acceptors (Lipinski definition) is 7. The molecule has 1 unspecified atom stereocenters. The molecule has 0 bridgehead atoms. The molecule has 0 aliphatic carbocycles. The number of aromatic nitrogens is 4. The molecule has 0 aromatic carbocycles. The van der Waals surface area contributed by atoms with Gasteiger partial charge in [-0.1, -0.05) is 18.3 Å². The van der Waals surface area contributed by atoms with Gasteiger partial charge >= 0.3 is 0 Å². The van der Waals surface area contributed by atoms with Crippen LogP contribution >= 0.6 is 11.3 Å². The second kappa shape index (κ2) is 7.50. The Bertz CT molecular complexity index is 1010. The summed E-state index contributed by atoms with van der Waals surface area (Å²) in [6, 6.07) is 7.68. The largest absolute Gasteiger partial charge is 0.492 e. The van der Waals surface area contributed by atoms with Crippen LogP contribution in [0.1, 0.15) is 35.0 Å². The monoisotopic (exact) mass is 383 g/mol. The zero-order valence-corrected chi connectivity index (χ0v) is 16.1. The van der Waals surface area contributed by atoms with E-state index in [-0.39, 0.29) is 11.9 Å². The highest BCUT2D eigenvalue weighted by Crippen LogP contribution is 2.40. The minimum atomic E-state index is -0.194. The first kappa shape index (κ1) is 17.7. The second-order valence-electron chi connectivity index (χ2n) is 6.30. The predicted molar refractivity (Wildman–Crippen MR) is 103 cm³/mol. The van der Waals surface area contributed by atoms with Crippen LogP contribution in [0, 0.1) is 6.92 Å². The van der Waals surface area contributed by atoms with Crippen LogP contribution < -0.4 is 0 Å². The van der Waals surface area contributed by atoms with Crippen molar-refractivity contribution in [2.45, 2.75) is 26.3 Å². The van der Waals surface area contributed by atoms with E-state index in [9.17, 15) is 5.11 Å². The summed E-state index contributed by atoms with van der Waals surface area (Å²) in [6.07, 6.45) is 6.17. The molecule has 0 aliphatic rings. The fourth-order valence-corrected chi connectivity index (χ4v) is 4.38. The van der Waals surface area contributed by atoms with Crippen LogP contribution in [0.4, 0.5) is 0 Å². The van der Waals surface area contributed by atoms with E-state index in [4.69, 9.17) is 4.42 Å². The van der Waals surface area contributed by atoms with Gasteiger partial charge in [0.15, 0.2) is 0 Å². The van der Waals surface area contributed by atoms with Crippen molar-refractivity contribution in [2.75, 3.05) is 13.1 Å². The Labute approximate surface area is 160 Å². The Morgan fingerprint density at radius 3 is 2.78 bits per heavy atom. The predicted octanol–water partition coefficient (Wildman–Crippen LogP) is 3.45. The van der Waals surface area contributed by atoms with E-state index in [0.717, 1.165) is 30.1 Å². The Kier molecular flexibility index (Phi) is 4.91. The summed E-state index contributed by atoms with van der Waals surface area (Å²) in [5.74, 6) is 1.56. The molecule has 0 saturated heterocycles. The SMILES string of the molecule is CCN(CCc1ccncc1)C(c1ccco1)c1sc2nc(C)nn2c1O. The molecule has 4 aromatic heterocycles. The Morgan fingerprint density at radius 1 is 1.30 bits per heavy atom. The number of aromatic hydroxyl groups is 1. The molecule has 7 nitrogen and oxygen atoms in total. The lowest BCUT2D eigenvalue weighted by atomic mass is 10.1. The van der Waals surface area contributed by atoms with E-state index in [0.29, 0.717) is 10.8 Å². The Morgan fingerprint density at radius 2 is 2.11 bits per heavy atom. The van der Waals surface area contributed by atoms with Crippen molar-refractivity contribution in [1.29, 1.82) is 0 Å². The molecule has 8 heteroatoms. The Balaban J connectivity index is 1.69. The molecule has 0 aliphatic heterocycles. The summed E-state index contributed by atoms with van der Waals surface area (Å²) < 4.78 is 7.23. The molecule has 0 radical (unpaired) electrons. The van der Waals surface area contributed by atoms with Gasteiger partial charge in [0.05, 0.1) is 11.1 Å². The molecule has 0 saturated carbocycles. The lowest BCUT2D eigenvalue weighted by Crippen LogP contribution is -2.31. The summed E-state index contributed by atoms with van der Waals surface area (Å²) in [5, 5.41) is 15.1. The average Bonchev–Trinajstić information content (AvgIpc) is 3.39. The summed E-state index contributed by atoms with van der Waals surface area (Å²) in [6.45, 7) is 5.55. The van der Waals surface area contributed by atoms with Gasteiger partial charge in [-0.05, 0) is 49.7 Å². The molecular weight excluding hydrogens is 362 g/mol. The average molecular weight is 383 g/mol. The lowest BCUT2D eigenvalue weighted by Gasteiger charge is -2.28. The third-order valence-corrected chi connectivity index (χ3v) is 5.65. The van der Waals surface area contributed by atoms with Crippen LogP contribution in [0.5, 0.6) is 5.88 Å². The van der Waals surface area contributed by atoms with Gasteiger partial charge < -0.3 is 9.52 Å². The summed E-state index contributed by atoms with van der Waals surface area (Å²) in [7, 11) is 0. The first-order valence-corrected chi connectivity index (χ1v) is 9.70. The van der Waals surface area contributed by atoms with Gasteiger partial charge in [0.25, 0.3) is 0 Å². The third-order valence-electron chi connectivity index (χ3n) is 4.58. The quantitative estimate of drug-likeness (QED) is 0.527. The number of pyridine rings is 1. The van der Waals surface area contributed by atoms with Crippen molar-refractivity contribution >= 4 is 16.3 Å². The lowest BCUT2D eigenvalue weighted by molar-refractivity contribution is 0.214. The number of hydrogen-bond donors (Lipinski definition) is 1. The van der Waals surface area contributed by atoms with Crippen LogP contribution in [-0.2, 0) is 6.42 Å². The van der Waals surface area contributed by atoms with Crippen LogP contribution in [0.3, 0.4) is 0 Å². The molecule has 0 amide bonds. The molecule has 4 aromatic rings. The summed E-state index contributed by atoms with van der Waals surface area (Å²) >= 11 is 1.44. The standard InChI is InChI=1S/C19H21N5O2S/c1-3-23(11-8-14-6-9-20-10-7-14)16(15-5-4-12-26-15)17-18(25)24-19(27-17)21-13(2)22-24/h4-7,9-10,12,16,25H,3,8,11H2,1-2H3. The second-order valence-corrected chi connectivity index (χ2v) is 7.30. The molecule has 1 atom stereocenters. The molecular formula is C19H21N5O2S. The molecule has 27 heavy (non-hydrogen) atoms. The summed E-state index contributed by atoms with van der Waals surface area (Å²) in [5.41, 5.74) is 1.23. The van der Waals surface area contributed by atoms with E-state index in [2.05, 4.69) is 26.9 Å². The zero-order chi connectivity index (χ0) is 18.8. The van der Waals surface area contributed by atoms with Crippen molar-refractivity contribution in [1.82, 2.24) is 24.5 Å². The highest BCUT2D eigenvalue weighted by atomic mass is 32.1. The van der Waals surface area contributed by atoms with Gasteiger partial charge in [-0.2, -0.15) is 4.52 Å². The molecule has 4 heterocycles. The van der Waals surface area contributed by atoms with Gasteiger partial charge in [-0.25, -0.2) is 4.98 Å². The van der Waals surface area contributed by atoms with Crippen molar-refractivity contribution in [3.05, 3.63) is 64.9 Å². The first-order valence-electron chi connectivity index (χ1n) is 8.88. The van der Waals surface area contributed by atoms with Crippen LogP contribution in [0.25, 0.3) is 4.96 Å². The fraction of sp³-hybridized carbons (Fsp3) is 0.316. The minimum absolute atomic E-state index is 0.124. The van der Waals surface area contributed by atoms with Crippen LogP contribution in [0.15, 0.2) is 47.3 Å². The normalized spacial score (nSPS) is 12.9. The van der Waals surface area contributed by atoms with E-state index in [1.54, 1.807) is 6.26 Å². The van der Waals surface area contributed by atoms with Gasteiger partial charge in [-0.15, -0.1) is 5.10 Å². The van der Waals surface area contributed by atoms with Gasteiger partial charge in [0.2, 0.25) is 10.8 Å². The molecule has 4 rings (SSSR count). The Hall–Kier alpha value is -2.71. The molecule has 140 valence electrons. The maximum Gasteiger partial charge on any atom is 0.230 e. The van der Waals surface area contributed by atoms with E-state index in [1.807, 2.05) is 43.6 Å². The molecule has 0 spiro atoms. The van der Waals surface area contributed by atoms with Crippen molar-refractivity contribution < 1.29 is 9.52 Å². The number of nitrogens with zero attached hydrogens (tertiary/aromatic N) is 5. The van der Waals surface area contributed by atoms with E-state index in [1.165, 1.54) is 21.4 Å². The number of aryl methyl sites for hydroxylation is 1. The zero-order valence-electron chi connectivity index (χ0n) is 15.2. The van der Waals surface area contributed by atoms with Crippen molar-refractivity contribution in [3.63, 3.8) is 0 Å². The van der Waals surface area contributed by atoms with E-state index >= 15 is 0 Å². The number of rotatable bonds is 7. The maximum atomic E-state index is 10.8. The third kappa shape index (κ3) is 3.45. The van der Waals surface area contributed by atoms with E-state index < -0.39 is 0 Å². The van der Waals surface area contributed by atoms with Gasteiger partial charge in [0.1, 0.15) is 17.6 Å². The number of furan rings is 1. The highest BCUT2D eigenvalue weighted by Gasteiger charge is 2.30. The van der Waals surface area contributed by atoms with Crippen molar-refractivity contribution in [2.24, 2.45) is 0 Å². The van der Waals surface area contributed by atoms with Crippen molar-refractivity contribution in [3.8, 4) is 5.88 Å². The summed E-state index contributed by atoms with van der Waals surface area (Å²) in [4.78, 5) is 12.2. The van der Waals surface area contributed by atoms with Crippen LogP contribution in [-0.4, -0.2) is 42.7 Å². The fourth-order valence-electron chi connectivity index (χ4n) is 3.24. The maximum absolute atomic E-state index is 10.8. The first-order chi connectivity index (χ1) is 13.2. The smallest absolute Gasteiger partial charge is 0.230 e. The topological polar surface area (TPSA) is 79.7 Å². The van der Waals surface area contributed by atoms with Gasteiger partial charge in [-0.3, -0.25) is 9.88 Å². The molecule has 1 N–H and O–H groups in total. The number of thiazole rings is 1. The number of likely N-dealkylation sites (N-methyl/N-ethyl adjacent to an activating group) is 1.